The number of nitrogens with two attached hydrogens (primary N) is 1. The molecule has 1 aromatic rings. The lowest BCUT2D eigenvalue weighted by molar-refractivity contribution is -0.0634. The molecule has 1 heterocycles. The van der Waals surface area contributed by atoms with E-state index in [0.29, 0.717) is 0 Å². The molecule has 1 aliphatic heterocycles. The SMILES string of the molecule is Cc1ccc(C2(CCN)COC2)c(C)c1C. The van der Waals surface area contributed by atoms with Gasteiger partial charge in [-0.05, 0) is 56.0 Å². The van der Waals surface area contributed by atoms with Crippen LogP contribution in [0.2, 0.25) is 0 Å². The highest BCUT2D eigenvalue weighted by atomic mass is 16.5. The molecule has 1 saturated heterocycles. The average molecular weight is 219 g/mol. The molecule has 2 N–H and O–H groups in total. The van der Waals surface area contributed by atoms with Crippen LogP contribution in [0.25, 0.3) is 0 Å². The van der Waals surface area contributed by atoms with Gasteiger partial charge in [0, 0.05) is 5.41 Å². The number of hydrogen-bond acceptors (Lipinski definition) is 2. The molecule has 1 aromatic carbocycles. The van der Waals surface area contributed by atoms with Gasteiger partial charge in [0.05, 0.1) is 13.2 Å². The monoisotopic (exact) mass is 219 g/mol. The summed E-state index contributed by atoms with van der Waals surface area (Å²) in [5.74, 6) is 0. The van der Waals surface area contributed by atoms with Crippen molar-refractivity contribution in [3.8, 4) is 0 Å². The first kappa shape index (κ1) is 11.6. The maximum absolute atomic E-state index is 5.72. The molecular formula is C14H21NO. The highest BCUT2D eigenvalue weighted by molar-refractivity contribution is 5.44. The summed E-state index contributed by atoms with van der Waals surface area (Å²) in [7, 11) is 0. The lowest BCUT2D eigenvalue weighted by atomic mass is 9.73. The fraction of sp³-hybridized carbons (Fsp3) is 0.571. The minimum Gasteiger partial charge on any atom is -0.379 e. The van der Waals surface area contributed by atoms with Crippen molar-refractivity contribution in [2.45, 2.75) is 32.6 Å². The molecule has 88 valence electrons. The fourth-order valence-electron chi connectivity index (χ4n) is 2.59. The predicted octanol–water partition coefficient (Wildman–Crippen LogP) is 2.23. The smallest absolute Gasteiger partial charge is 0.0586 e. The van der Waals surface area contributed by atoms with E-state index in [4.69, 9.17) is 10.5 Å². The first-order valence-corrected chi connectivity index (χ1v) is 5.96. The van der Waals surface area contributed by atoms with E-state index in [1.165, 1.54) is 22.3 Å². The van der Waals surface area contributed by atoms with E-state index in [1.54, 1.807) is 0 Å². The van der Waals surface area contributed by atoms with Crippen molar-refractivity contribution in [1.29, 1.82) is 0 Å². The molecule has 0 aromatic heterocycles. The first-order valence-electron chi connectivity index (χ1n) is 5.96. The second-order valence-corrected chi connectivity index (χ2v) is 4.99. The van der Waals surface area contributed by atoms with Crippen LogP contribution in [0.5, 0.6) is 0 Å². The topological polar surface area (TPSA) is 35.2 Å². The molecule has 16 heavy (non-hydrogen) atoms. The zero-order valence-electron chi connectivity index (χ0n) is 10.5. The van der Waals surface area contributed by atoms with E-state index >= 15 is 0 Å². The Morgan fingerprint density at radius 2 is 1.88 bits per heavy atom. The first-order chi connectivity index (χ1) is 7.60. The highest BCUT2D eigenvalue weighted by Gasteiger charge is 2.40. The Labute approximate surface area is 97.8 Å². The second kappa shape index (κ2) is 4.19. The third kappa shape index (κ3) is 1.66. The van der Waals surface area contributed by atoms with Gasteiger partial charge in [-0.1, -0.05) is 12.1 Å². The number of benzene rings is 1. The van der Waals surface area contributed by atoms with Crippen LogP contribution in [0, 0.1) is 20.8 Å². The number of aryl methyl sites for hydroxylation is 1. The van der Waals surface area contributed by atoms with Crippen molar-refractivity contribution in [2.75, 3.05) is 19.8 Å². The molecule has 2 heteroatoms. The Kier molecular flexibility index (Phi) is 3.04. The van der Waals surface area contributed by atoms with Crippen LogP contribution in [0.15, 0.2) is 12.1 Å². The van der Waals surface area contributed by atoms with Gasteiger partial charge >= 0.3 is 0 Å². The second-order valence-electron chi connectivity index (χ2n) is 4.99. The van der Waals surface area contributed by atoms with Crippen molar-refractivity contribution < 1.29 is 4.74 Å². The number of ether oxygens (including phenoxy) is 1. The third-order valence-corrected chi connectivity index (χ3v) is 4.01. The van der Waals surface area contributed by atoms with Gasteiger partial charge in [0.25, 0.3) is 0 Å². The molecular weight excluding hydrogens is 198 g/mol. The summed E-state index contributed by atoms with van der Waals surface area (Å²) in [6, 6.07) is 4.48. The van der Waals surface area contributed by atoms with Gasteiger partial charge in [-0.2, -0.15) is 0 Å². The quantitative estimate of drug-likeness (QED) is 0.846. The van der Waals surface area contributed by atoms with Crippen LogP contribution in [0.1, 0.15) is 28.7 Å². The van der Waals surface area contributed by atoms with E-state index in [9.17, 15) is 0 Å². The Hall–Kier alpha value is -0.860. The van der Waals surface area contributed by atoms with Crippen molar-refractivity contribution in [2.24, 2.45) is 5.73 Å². The zero-order chi connectivity index (χ0) is 11.8. The summed E-state index contributed by atoms with van der Waals surface area (Å²) < 4.78 is 5.41. The lowest BCUT2D eigenvalue weighted by Gasteiger charge is -2.43. The van der Waals surface area contributed by atoms with Crippen LogP contribution in [0.4, 0.5) is 0 Å². The highest BCUT2D eigenvalue weighted by Crippen LogP contribution is 2.38. The Bertz CT molecular complexity index is 394. The molecule has 0 aliphatic carbocycles. The Morgan fingerprint density at radius 1 is 1.19 bits per heavy atom. The van der Waals surface area contributed by atoms with Crippen molar-refractivity contribution >= 4 is 0 Å². The Balaban J connectivity index is 2.43. The van der Waals surface area contributed by atoms with Gasteiger partial charge in [-0.3, -0.25) is 0 Å². The largest absolute Gasteiger partial charge is 0.379 e. The maximum Gasteiger partial charge on any atom is 0.0586 e. The summed E-state index contributed by atoms with van der Waals surface area (Å²) in [4.78, 5) is 0. The van der Waals surface area contributed by atoms with Crippen LogP contribution in [-0.2, 0) is 10.2 Å². The molecule has 0 saturated carbocycles. The van der Waals surface area contributed by atoms with E-state index in [0.717, 1.165) is 26.2 Å². The third-order valence-electron chi connectivity index (χ3n) is 4.01. The number of rotatable bonds is 3. The minimum atomic E-state index is 0.192. The summed E-state index contributed by atoms with van der Waals surface area (Å²) >= 11 is 0. The van der Waals surface area contributed by atoms with Gasteiger partial charge in [-0.25, -0.2) is 0 Å². The van der Waals surface area contributed by atoms with E-state index in [2.05, 4.69) is 32.9 Å². The van der Waals surface area contributed by atoms with Crippen LogP contribution in [-0.4, -0.2) is 19.8 Å². The molecule has 0 amide bonds. The van der Waals surface area contributed by atoms with Crippen molar-refractivity contribution in [3.63, 3.8) is 0 Å². The molecule has 2 nitrogen and oxygen atoms in total. The predicted molar refractivity (Wildman–Crippen MR) is 66.8 cm³/mol. The molecule has 0 unspecified atom stereocenters. The minimum absolute atomic E-state index is 0.192. The van der Waals surface area contributed by atoms with Gasteiger partial charge in [0.2, 0.25) is 0 Å². The molecule has 0 radical (unpaired) electrons. The van der Waals surface area contributed by atoms with Crippen LogP contribution >= 0.6 is 0 Å². The summed E-state index contributed by atoms with van der Waals surface area (Å²) in [5.41, 5.74) is 11.5. The number of hydrogen-bond donors (Lipinski definition) is 1. The van der Waals surface area contributed by atoms with Crippen LogP contribution < -0.4 is 5.73 Å². The standard InChI is InChI=1S/C14H21NO/c1-10-4-5-13(12(3)11(10)2)14(6-7-15)8-16-9-14/h4-5H,6-9,15H2,1-3H3. The summed E-state index contributed by atoms with van der Waals surface area (Å²) in [6.07, 6.45) is 1.02. The van der Waals surface area contributed by atoms with E-state index in [-0.39, 0.29) is 5.41 Å². The molecule has 0 spiro atoms. The zero-order valence-corrected chi connectivity index (χ0v) is 10.5. The van der Waals surface area contributed by atoms with Gasteiger partial charge in [-0.15, -0.1) is 0 Å². The van der Waals surface area contributed by atoms with E-state index < -0.39 is 0 Å². The van der Waals surface area contributed by atoms with Gasteiger partial charge in [0.15, 0.2) is 0 Å². The molecule has 2 rings (SSSR count). The maximum atomic E-state index is 5.72. The van der Waals surface area contributed by atoms with Gasteiger partial charge in [0.1, 0.15) is 0 Å². The fourth-order valence-corrected chi connectivity index (χ4v) is 2.59. The summed E-state index contributed by atoms with van der Waals surface area (Å²) in [6.45, 7) is 8.97. The Morgan fingerprint density at radius 3 is 2.38 bits per heavy atom. The van der Waals surface area contributed by atoms with E-state index in [1.807, 2.05) is 0 Å². The van der Waals surface area contributed by atoms with Gasteiger partial charge < -0.3 is 10.5 Å². The molecule has 0 atom stereocenters. The lowest BCUT2D eigenvalue weighted by Crippen LogP contribution is -2.48. The molecule has 1 fully saturated rings. The average Bonchev–Trinajstić information content (AvgIpc) is 2.21. The van der Waals surface area contributed by atoms with Crippen molar-refractivity contribution in [1.82, 2.24) is 0 Å². The normalized spacial score (nSPS) is 18.2. The molecule has 1 aliphatic rings. The molecule has 0 bridgehead atoms. The van der Waals surface area contributed by atoms with Crippen molar-refractivity contribution in [3.05, 3.63) is 34.4 Å². The summed E-state index contributed by atoms with van der Waals surface area (Å²) in [5, 5.41) is 0. The van der Waals surface area contributed by atoms with Crippen LogP contribution in [0.3, 0.4) is 0 Å².